The number of likely N-dealkylation sites (tertiary alicyclic amines) is 1. The van der Waals surface area contributed by atoms with E-state index in [2.05, 4.69) is 6.07 Å². The quantitative estimate of drug-likeness (QED) is 0.841. The fourth-order valence-electron chi connectivity index (χ4n) is 2.26. The van der Waals surface area contributed by atoms with Gasteiger partial charge in [-0.3, -0.25) is 4.79 Å². The zero-order chi connectivity index (χ0) is 12.3. The zero-order valence-electron chi connectivity index (χ0n) is 9.86. The lowest BCUT2D eigenvalue weighted by atomic mass is 9.98. The molecule has 1 aromatic carbocycles. The molecule has 1 fully saturated rings. The molecule has 92 valence electrons. The van der Waals surface area contributed by atoms with Gasteiger partial charge < -0.3 is 4.90 Å². The number of hydrogen-bond acceptors (Lipinski definition) is 2. The van der Waals surface area contributed by atoms with Gasteiger partial charge in [-0.1, -0.05) is 29.8 Å². The Kier molecular flexibility index (Phi) is 4.35. The van der Waals surface area contributed by atoms with Crippen molar-refractivity contribution >= 4 is 29.3 Å². The molecule has 0 radical (unpaired) electrons. The summed E-state index contributed by atoms with van der Waals surface area (Å²) >= 11 is 7.76. The summed E-state index contributed by atoms with van der Waals surface area (Å²) < 4.78 is 0. The van der Waals surface area contributed by atoms with Crippen LogP contribution < -0.4 is 0 Å². The van der Waals surface area contributed by atoms with Crippen LogP contribution in [0.4, 0.5) is 0 Å². The van der Waals surface area contributed by atoms with Gasteiger partial charge in [0.15, 0.2) is 0 Å². The molecule has 0 spiro atoms. The van der Waals surface area contributed by atoms with Crippen LogP contribution in [0.1, 0.15) is 17.9 Å². The summed E-state index contributed by atoms with van der Waals surface area (Å²) in [5.74, 6) is 1.22. The van der Waals surface area contributed by atoms with Crippen LogP contribution in [0.2, 0.25) is 5.02 Å². The molecule has 4 heteroatoms. The predicted molar refractivity (Wildman–Crippen MR) is 73.8 cm³/mol. The van der Waals surface area contributed by atoms with Crippen molar-refractivity contribution in [2.24, 2.45) is 0 Å². The molecular formula is C13H16ClNOS. The topological polar surface area (TPSA) is 20.3 Å². The maximum Gasteiger partial charge on any atom is 0.232 e. The van der Waals surface area contributed by atoms with Gasteiger partial charge in [-0.15, -0.1) is 0 Å². The van der Waals surface area contributed by atoms with Crippen LogP contribution in [-0.4, -0.2) is 35.9 Å². The number of amides is 1. The highest BCUT2D eigenvalue weighted by molar-refractivity contribution is 7.99. The van der Waals surface area contributed by atoms with E-state index >= 15 is 0 Å². The lowest BCUT2D eigenvalue weighted by Crippen LogP contribution is -2.29. The summed E-state index contributed by atoms with van der Waals surface area (Å²) in [6.45, 7) is 1.67. The van der Waals surface area contributed by atoms with Crippen molar-refractivity contribution in [3.63, 3.8) is 0 Å². The van der Waals surface area contributed by atoms with Crippen LogP contribution in [0, 0.1) is 0 Å². The van der Waals surface area contributed by atoms with Crippen LogP contribution in [-0.2, 0) is 4.79 Å². The van der Waals surface area contributed by atoms with E-state index in [1.54, 1.807) is 11.8 Å². The van der Waals surface area contributed by atoms with E-state index in [9.17, 15) is 4.79 Å². The average Bonchev–Trinajstić information content (AvgIpc) is 2.79. The normalized spacial score (nSPS) is 19.6. The van der Waals surface area contributed by atoms with Crippen molar-refractivity contribution in [2.75, 3.05) is 25.1 Å². The maximum atomic E-state index is 11.8. The van der Waals surface area contributed by atoms with Crippen molar-refractivity contribution in [3.8, 4) is 0 Å². The highest BCUT2D eigenvalue weighted by Crippen LogP contribution is 2.31. The molecule has 2 rings (SSSR count). The van der Waals surface area contributed by atoms with E-state index in [1.807, 2.05) is 29.4 Å². The van der Waals surface area contributed by atoms with E-state index in [-0.39, 0.29) is 5.91 Å². The molecule has 1 heterocycles. The first-order valence-electron chi connectivity index (χ1n) is 5.73. The third-order valence-corrected chi connectivity index (χ3v) is 4.03. The molecule has 1 aliphatic heterocycles. The summed E-state index contributed by atoms with van der Waals surface area (Å²) in [7, 11) is 0. The van der Waals surface area contributed by atoms with Gasteiger partial charge in [0.05, 0.1) is 5.75 Å². The van der Waals surface area contributed by atoms with Gasteiger partial charge in [0, 0.05) is 24.0 Å². The Morgan fingerprint density at radius 2 is 2.29 bits per heavy atom. The van der Waals surface area contributed by atoms with Gasteiger partial charge in [-0.2, -0.15) is 11.8 Å². The molecule has 1 aliphatic rings. The van der Waals surface area contributed by atoms with Gasteiger partial charge in [-0.05, 0) is 24.3 Å². The molecule has 1 saturated heterocycles. The summed E-state index contributed by atoms with van der Waals surface area (Å²) in [6.07, 6.45) is 2.98. The summed E-state index contributed by atoms with van der Waals surface area (Å²) in [5, 5.41) is 0.816. The fraction of sp³-hybridized carbons (Fsp3) is 0.462. The monoisotopic (exact) mass is 269 g/mol. The van der Waals surface area contributed by atoms with Crippen LogP contribution >= 0.6 is 23.4 Å². The first kappa shape index (κ1) is 12.8. The van der Waals surface area contributed by atoms with Gasteiger partial charge in [0.25, 0.3) is 0 Å². The molecule has 1 atom stereocenters. The van der Waals surface area contributed by atoms with Crippen molar-refractivity contribution in [1.29, 1.82) is 0 Å². The smallest absolute Gasteiger partial charge is 0.232 e. The molecule has 0 aromatic heterocycles. The zero-order valence-corrected chi connectivity index (χ0v) is 11.4. The van der Waals surface area contributed by atoms with E-state index in [4.69, 9.17) is 11.6 Å². The van der Waals surface area contributed by atoms with Crippen LogP contribution in [0.25, 0.3) is 0 Å². The average molecular weight is 270 g/mol. The number of hydrogen-bond donors (Lipinski definition) is 0. The van der Waals surface area contributed by atoms with Crippen LogP contribution in [0.5, 0.6) is 0 Å². The van der Waals surface area contributed by atoms with Crippen LogP contribution in [0.15, 0.2) is 24.3 Å². The minimum atomic E-state index is 0.243. The van der Waals surface area contributed by atoms with E-state index in [1.165, 1.54) is 5.56 Å². The standard InChI is InChI=1S/C13H16ClNOS/c1-17-9-13(16)15-7-6-10(8-15)11-4-2-3-5-12(11)14/h2-5,10H,6-9H2,1H3/t10-/m0/s1. The minimum Gasteiger partial charge on any atom is -0.341 e. The number of benzene rings is 1. The van der Waals surface area contributed by atoms with E-state index in [0.29, 0.717) is 11.7 Å². The maximum absolute atomic E-state index is 11.8. The van der Waals surface area contributed by atoms with Gasteiger partial charge >= 0.3 is 0 Å². The van der Waals surface area contributed by atoms with Gasteiger partial charge in [0.1, 0.15) is 0 Å². The van der Waals surface area contributed by atoms with Crippen molar-refractivity contribution in [1.82, 2.24) is 4.90 Å². The Bertz CT molecular complexity index is 410. The predicted octanol–water partition coefficient (Wildman–Crippen LogP) is 3.02. The molecule has 1 amide bonds. The largest absolute Gasteiger partial charge is 0.341 e. The highest BCUT2D eigenvalue weighted by Gasteiger charge is 2.27. The van der Waals surface area contributed by atoms with E-state index < -0.39 is 0 Å². The number of nitrogens with zero attached hydrogens (tertiary/aromatic N) is 1. The third-order valence-electron chi connectivity index (χ3n) is 3.15. The summed E-state index contributed by atoms with van der Waals surface area (Å²) in [4.78, 5) is 13.7. The van der Waals surface area contributed by atoms with Gasteiger partial charge in [-0.25, -0.2) is 0 Å². The summed E-state index contributed by atoms with van der Waals surface area (Å²) in [6, 6.07) is 7.93. The molecule has 0 saturated carbocycles. The molecular weight excluding hydrogens is 254 g/mol. The molecule has 0 aliphatic carbocycles. The van der Waals surface area contributed by atoms with E-state index in [0.717, 1.165) is 24.5 Å². The Balaban J connectivity index is 2.03. The van der Waals surface area contributed by atoms with Crippen molar-refractivity contribution < 1.29 is 4.79 Å². The minimum absolute atomic E-state index is 0.243. The molecule has 0 bridgehead atoms. The van der Waals surface area contributed by atoms with Crippen molar-refractivity contribution in [2.45, 2.75) is 12.3 Å². The molecule has 2 nitrogen and oxygen atoms in total. The lowest BCUT2D eigenvalue weighted by molar-refractivity contribution is -0.127. The fourth-order valence-corrected chi connectivity index (χ4v) is 2.98. The first-order chi connectivity index (χ1) is 8.22. The second-order valence-corrected chi connectivity index (χ2v) is 5.55. The Labute approximate surface area is 111 Å². The first-order valence-corrected chi connectivity index (χ1v) is 7.50. The molecule has 1 aromatic rings. The molecule has 0 N–H and O–H groups in total. The highest BCUT2D eigenvalue weighted by atomic mass is 35.5. The Morgan fingerprint density at radius 1 is 1.53 bits per heavy atom. The lowest BCUT2D eigenvalue weighted by Gasteiger charge is -2.16. The Hall–Kier alpha value is -0.670. The molecule has 17 heavy (non-hydrogen) atoms. The SMILES string of the molecule is CSCC(=O)N1CC[C@H](c2ccccc2Cl)C1. The Morgan fingerprint density at radius 3 is 3.00 bits per heavy atom. The third kappa shape index (κ3) is 2.96. The second kappa shape index (κ2) is 5.78. The summed E-state index contributed by atoms with van der Waals surface area (Å²) in [5.41, 5.74) is 1.17. The number of thioether (sulfide) groups is 1. The number of halogens is 1. The number of carbonyl (C=O) groups excluding carboxylic acids is 1. The number of rotatable bonds is 3. The molecule has 0 unspecified atom stereocenters. The van der Waals surface area contributed by atoms with Gasteiger partial charge in [0.2, 0.25) is 5.91 Å². The number of carbonyl (C=O) groups is 1. The van der Waals surface area contributed by atoms with Crippen LogP contribution in [0.3, 0.4) is 0 Å². The van der Waals surface area contributed by atoms with Crippen molar-refractivity contribution in [3.05, 3.63) is 34.9 Å². The second-order valence-electron chi connectivity index (χ2n) is 4.28.